The fraction of sp³-hybridized carbons (Fsp3) is 0.571. The molecule has 1 N–H and O–H groups in total. The van der Waals surface area contributed by atoms with Crippen molar-refractivity contribution in [3.8, 4) is 0 Å². The lowest BCUT2D eigenvalue weighted by atomic mass is 10.0. The van der Waals surface area contributed by atoms with Gasteiger partial charge in [-0.05, 0) is 50.4 Å². The van der Waals surface area contributed by atoms with Crippen LogP contribution in [-0.2, 0) is 12.6 Å². The van der Waals surface area contributed by atoms with Crippen LogP contribution in [0, 0.1) is 0 Å². The van der Waals surface area contributed by atoms with Gasteiger partial charge in [-0.25, -0.2) is 0 Å². The molecule has 4 heteroatoms. The first kappa shape index (κ1) is 15.0. The Morgan fingerprint density at radius 3 is 2.44 bits per heavy atom. The predicted molar refractivity (Wildman–Crippen MR) is 67.5 cm³/mol. The summed E-state index contributed by atoms with van der Waals surface area (Å²) in [5, 5.41) is 3.24. The molecular formula is C14H20F3N. The fourth-order valence-electron chi connectivity index (χ4n) is 1.88. The summed E-state index contributed by atoms with van der Waals surface area (Å²) in [7, 11) is 0. The maximum atomic E-state index is 12.7. The van der Waals surface area contributed by atoms with E-state index in [9.17, 15) is 13.2 Å². The molecule has 102 valence electrons. The van der Waals surface area contributed by atoms with E-state index in [4.69, 9.17) is 0 Å². The summed E-state index contributed by atoms with van der Waals surface area (Å²) in [6.45, 7) is 3.94. The monoisotopic (exact) mass is 259 g/mol. The highest BCUT2D eigenvalue weighted by Gasteiger charge is 2.32. The van der Waals surface area contributed by atoms with Crippen molar-refractivity contribution < 1.29 is 13.2 Å². The third-order valence-corrected chi connectivity index (χ3v) is 2.80. The van der Waals surface area contributed by atoms with Crippen LogP contribution < -0.4 is 5.32 Å². The SMILES string of the molecule is CCCNCCCCc1ccccc1C(F)(F)F. The van der Waals surface area contributed by atoms with Gasteiger partial charge in [0.2, 0.25) is 0 Å². The van der Waals surface area contributed by atoms with Gasteiger partial charge in [-0.15, -0.1) is 0 Å². The molecule has 1 aromatic carbocycles. The molecule has 0 saturated carbocycles. The number of hydrogen-bond donors (Lipinski definition) is 1. The van der Waals surface area contributed by atoms with E-state index in [0.717, 1.165) is 38.4 Å². The number of nitrogens with one attached hydrogen (secondary N) is 1. The second-order valence-electron chi connectivity index (χ2n) is 4.36. The van der Waals surface area contributed by atoms with Crippen LogP contribution in [0.5, 0.6) is 0 Å². The lowest BCUT2D eigenvalue weighted by Gasteiger charge is -2.12. The van der Waals surface area contributed by atoms with Crippen molar-refractivity contribution in [2.24, 2.45) is 0 Å². The van der Waals surface area contributed by atoms with Gasteiger partial charge in [0.25, 0.3) is 0 Å². The van der Waals surface area contributed by atoms with Crippen LogP contribution in [-0.4, -0.2) is 13.1 Å². The first-order chi connectivity index (χ1) is 8.55. The van der Waals surface area contributed by atoms with Gasteiger partial charge in [-0.3, -0.25) is 0 Å². The lowest BCUT2D eigenvalue weighted by molar-refractivity contribution is -0.138. The molecule has 0 aliphatic carbocycles. The van der Waals surface area contributed by atoms with Crippen molar-refractivity contribution >= 4 is 0 Å². The number of alkyl halides is 3. The van der Waals surface area contributed by atoms with E-state index in [1.54, 1.807) is 12.1 Å². The molecule has 1 nitrogen and oxygen atoms in total. The molecular weight excluding hydrogens is 239 g/mol. The molecule has 1 rings (SSSR count). The zero-order chi connectivity index (χ0) is 13.4. The molecule has 0 unspecified atom stereocenters. The first-order valence-corrected chi connectivity index (χ1v) is 6.41. The van der Waals surface area contributed by atoms with E-state index in [1.165, 1.54) is 6.07 Å². The van der Waals surface area contributed by atoms with Crippen LogP contribution in [0.15, 0.2) is 24.3 Å². The Morgan fingerprint density at radius 1 is 1.06 bits per heavy atom. The highest BCUT2D eigenvalue weighted by atomic mass is 19.4. The van der Waals surface area contributed by atoms with E-state index in [-0.39, 0.29) is 0 Å². The first-order valence-electron chi connectivity index (χ1n) is 6.41. The molecule has 0 amide bonds. The minimum atomic E-state index is -4.24. The number of benzene rings is 1. The van der Waals surface area contributed by atoms with Gasteiger partial charge in [0.15, 0.2) is 0 Å². The summed E-state index contributed by atoms with van der Waals surface area (Å²) in [6.07, 6.45) is -0.979. The van der Waals surface area contributed by atoms with Crippen LogP contribution in [0.4, 0.5) is 13.2 Å². The number of hydrogen-bond acceptors (Lipinski definition) is 1. The Labute approximate surface area is 106 Å². The van der Waals surface area contributed by atoms with Crippen molar-refractivity contribution in [3.05, 3.63) is 35.4 Å². The van der Waals surface area contributed by atoms with E-state index >= 15 is 0 Å². The van der Waals surface area contributed by atoms with Crippen molar-refractivity contribution in [3.63, 3.8) is 0 Å². The Bertz CT molecular complexity index is 347. The summed E-state index contributed by atoms with van der Waals surface area (Å²) < 4.78 is 38.1. The quantitative estimate of drug-likeness (QED) is 0.729. The molecule has 1 aromatic rings. The van der Waals surface area contributed by atoms with E-state index in [1.807, 2.05) is 0 Å². The minimum Gasteiger partial charge on any atom is -0.317 e. The zero-order valence-electron chi connectivity index (χ0n) is 10.7. The normalized spacial score (nSPS) is 11.8. The highest BCUT2D eigenvalue weighted by Crippen LogP contribution is 2.32. The molecule has 0 bridgehead atoms. The maximum Gasteiger partial charge on any atom is 0.416 e. The van der Waals surface area contributed by atoms with Crippen molar-refractivity contribution in [1.29, 1.82) is 0 Å². The number of halogens is 3. The minimum absolute atomic E-state index is 0.403. The second kappa shape index (κ2) is 7.41. The molecule has 0 aromatic heterocycles. The third kappa shape index (κ3) is 5.08. The van der Waals surface area contributed by atoms with Crippen LogP contribution in [0.3, 0.4) is 0 Å². The van der Waals surface area contributed by atoms with E-state index < -0.39 is 11.7 Å². The van der Waals surface area contributed by atoms with Crippen LogP contribution in [0.2, 0.25) is 0 Å². The van der Waals surface area contributed by atoms with Gasteiger partial charge in [0, 0.05) is 0 Å². The predicted octanol–water partition coefficient (Wildman–Crippen LogP) is 4.03. The topological polar surface area (TPSA) is 12.0 Å². The number of unbranched alkanes of at least 4 members (excludes halogenated alkanes) is 1. The Kier molecular flexibility index (Phi) is 6.19. The number of aryl methyl sites for hydroxylation is 1. The average Bonchev–Trinajstić information content (AvgIpc) is 2.33. The summed E-state index contributed by atoms with van der Waals surface area (Å²) in [4.78, 5) is 0. The molecule has 18 heavy (non-hydrogen) atoms. The number of rotatable bonds is 7. The van der Waals surface area contributed by atoms with Crippen LogP contribution in [0.1, 0.15) is 37.3 Å². The van der Waals surface area contributed by atoms with E-state index in [0.29, 0.717) is 12.0 Å². The molecule has 0 aliphatic rings. The van der Waals surface area contributed by atoms with Crippen molar-refractivity contribution in [2.45, 2.75) is 38.8 Å². The largest absolute Gasteiger partial charge is 0.416 e. The smallest absolute Gasteiger partial charge is 0.317 e. The van der Waals surface area contributed by atoms with Crippen molar-refractivity contribution in [1.82, 2.24) is 5.32 Å². The van der Waals surface area contributed by atoms with Gasteiger partial charge < -0.3 is 5.32 Å². The molecule has 0 saturated heterocycles. The average molecular weight is 259 g/mol. The van der Waals surface area contributed by atoms with Gasteiger partial charge >= 0.3 is 6.18 Å². The highest BCUT2D eigenvalue weighted by molar-refractivity contribution is 5.29. The summed E-state index contributed by atoms with van der Waals surface area (Å²) in [5.74, 6) is 0. The van der Waals surface area contributed by atoms with Crippen LogP contribution in [0.25, 0.3) is 0 Å². The summed E-state index contributed by atoms with van der Waals surface area (Å²) in [6, 6.07) is 5.84. The lowest BCUT2D eigenvalue weighted by Crippen LogP contribution is -2.16. The molecule has 0 fully saturated rings. The Hall–Kier alpha value is -1.03. The molecule has 0 atom stereocenters. The molecule has 0 radical (unpaired) electrons. The van der Waals surface area contributed by atoms with Gasteiger partial charge in [-0.2, -0.15) is 13.2 Å². The van der Waals surface area contributed by atoms with Gasteiger partial charge in [0.1, 0.15) is 0 Å². The standard InChI is InChI=1S/C14H20F3N/c1-2-10-18-11-6-5-8-12-7-3-4-9-13(12)14(15,16)17/h3-4,7,9,18H,2,5-6,8,10-11H2,1H3. The van der Waals surface area contributed by atoms with Crippen molar-refractivity contribution in [2.75, 3.05) is 13.1 Å². The van der Waals surface area contributed by atoms with Gasteiger partial charge in [-0.1, -0.05) is 25.1 Å². The third-order valence-electron chi connectivity index (χ3n) is 2.80. The molecule has 0 spiro atoms. The zero-order valence-corrected chi connectivity index (χ0v) is 10.7. The van der Waals surface area contributed by atoms with Gasteiger partial charge in [0.05, 0.1) is 5.56 Å². The summed E-state index contributed by atoms with van der Waals surface area (Å²) >= 11 is 0. The van der Waals surface area contributed by atoms with E-state index in [2.05, 4.69) is 12.2 Å². The van der Waals surface area contributed by atoms with Crippen LogP contribution >= 0.6 is 0 Å². The summed E-state index contributed by atoms with van der Waals surface area (Å²) in [5.41, 5.74) is -0.0907. The Morgan fingerprint density at radius 2 is 1.78 bits per heavy atom. The molecule has 0 heterocycles. The second-order valence-corrected chi connectivity index (χ2v) is 4.36. The fourth-order valence-corrected chi connectivity index (χ4v) is 1.88. The molecule has 0 aliphatic heterocycles. The Balaban J connectivity index is 2.43. The maximum absolute atomic E-state index is 12.7.